The van der Waals surface area contributed by atoms with Gasteiger partial charge in [-0.25, -0.2) is 8.42 Å². The lowest BCUT2D eigenvalue weighted by Crippen LogP contribution is -2.48. The van der Waals surface area contributed by atoms with E-state index in [-0.39, 0.29) is 11.7 Å². The van der Waals surface area contributed by atoms with Crippen molar-refractivity contribution >= 4 is 15.9 Å². The van der Waals surface area contributed by atoms with Crippen LogP contribution in [0, 0.1) is 5.92 Å². The molecule has 1 aromatic carbocycles. The molecule has 0 saturated carbocycles. The fourth-order valence-electron chi connectivity index (χ4n) is 2.57. The van der Waals surface area contributed by atoms with Crippen molar-refractivity contribution in [2.75, 3.05) is 38.5 Å². The lowest BCUT2D eigenvalue weighted by Gasteiger charge is -2.27. The molecule has 1 amide bonds. The van der Waals surface area contributed by atoms with Gasteiger partial charge >= 0.3 is 0 Å². The summed E-state index contributed by atoms with van der Waals surface area (Å²) >= 11 is 0. The van der Waals surface area contributed by atoms with Crippen LogP contribution in [0.2, 0.25) is 0 Å². The topological polar surface area (TPSA) is 78.5 Å². The van der Waals surface area contributed by atoms with Gasteiger partial charge in [0.15, 0.2) is 0 Å². The summed E-state index contributed by atoms with van der Waals surface area (Å²) < 4.78 is 26.1. The molecule has 0 radical (unpaired) electrons. The van der Waals surface area contributed by atoms with Gasteiger partial charge in [0, 0.05) is 32.7 Å². The maximum atomic E-state index is 12.3. The summed E-state index contributed by atoms with van der Waals surface area (Å²) in [6.45, 7) is 4.46. The van der Waals surface area contributed by atoms with Crippen LogP contribution in [0.1, 0.15) is 12.5 Å². The predicted octanol–water partition coefficient (Wildman–Crippen LogP) is 0.216. The molecule has 2 rings (SSSR count). The third-order valence-corrected chi connectivity index (χ3v) is 6.01. The third-order valence-electron chi connectivity index (χ3n) is 3.93. The van der Waals surface area contributed by atoms with Crippen LogP contribution in [0.3, 0.4) is 0 Å². The van der Waals surface area contributed by atoms with E-state index < -0.39 is 15.9 Å². The van der Waals surface area contributed by atoms with E-state index in [9.17, 15) is 13.2 Å². The van der Waals surface area contributed by atoms with Crippen LogP contribution >= 0.6 is 0 Å². The monoisotopic (exact) mass is 339 g/mol. The molecule has 1 unspecified atom stereocenters. The largest absolute Gasteiger partial charge is 0.356 e. The minimum atomic E-state index is -3.37. The van der Waals surface area contributed by atoms with E-state index in [0.717, 1.165) is 12.0 Å². The molecule has 2 N–H and O–H groups in total. The number of rotatable bonds is 7. The van der Waals surface area contributed by atoms with E-state index in [1.807, 2.05) is 30.3 Å². The Morgan fingerprint density at radius 1 is 1.26 bits per heavy atom. The molecule has 0 aliphatic carbocycles. The molecular formula is C16H25N3O3S. The molecule has 6 nitrogen and oxygen atoms in total. The van der Waals surface area contributed by atoms with Crippen molar-refractivity contribution < 1.29 is 13.2 Å². The molecule has 1 aliphatic heterocycles. The summed E-state index contributed by atoms with van der Waals surface area (Å²) in [4.78, 5) is 12.1. The highest BCUT2D eigenvalue weighted by molar-refractivity contribution is 7.89. The molecule has 1 aromatic rings. The first-order chi connectivity index (χ1) is 11.0. The smallest absolute Gasteiger partial charge is 0.223 e. The standard InChI is InChI=1S/C16H25N3O3S/c1-14(13-23(21,22)19-11-9-17-10-12-19)16(20)18-8-7-15-5-3-2-4-6-15/h2-6,14,17H,7-13H2,1H3,(H,18,20). The normalized spacial score (nSPS) is 17.6. The summed E-state index contributed by atoms with van der Waals surface area (Å²) in [6.07, 6.45) is 0.740. The number of piperazine rings is 1. The first kappa shape index (κ1) is 17.9. The number of amides is 1. The van der Waals surface area contributed by atoms with E-state index >= 15 is 0 Å². The van der Waals surface area contributed by atoms with Gasteiger partial charge in [0.1, 0.15) is 0 Å². The van der Waals surface area contributed by atoms with E-state index in [2.05, 4.69) is 10.6 Å². The number of nitrogens with one attached hydrogen (secondary N) is 2. The number of hydrogen-bond donors (Lipinski definition) is 2. The molecule has 128 valence electrons. The fourth-order valence-corrected chi connectivity index (χ4v) is 4.30. The summed E-state index contributed by atoms with van der Waals surface area (Å²) in [5, 5.41) is 5.94. The van der Waals surface area contributed by atoms with Crippen molar-refractivity contribution in [3.63, 3.8) is 0 Å². The van der Waals surface area contributed by atoms with Crippen LogP contribution in [0.5, 0.6) is 0 Å². The second-order valence-corrected chi connectivity index (χ2v) is 7.87. The Labute approximate surface area is 138 Å². The van der Waals surface area contributed by atoms with Gasteiger partial charge in [0.2, 0.25) is 15.9 Å². The van der Waals surface area contributed by atoms with Crippen molar-refractivity contribution in [1.29, 1.82) is 0 Å². The highest BCUT2D eigenvalue weighted by atomic mass is 32.2. The van der Waals surface area contributed by atoms with Crippen molar-refractivity contribution in [3.8, 4) is 0 Å². The van der Waals surface area contributed by atoms with Crippen LogP contribution in [-0.2, 0) is 21.2 Å². The first-order valence-corrected chi connectivity index (χ1v) is 9.60. The van der Waals surface area contributed by atoms with E-state index in [1.54, 1.807) is 6.92 Å². The lowest BCUT2D eigenvalue weighted by molar-refractivity contribution is -0.123. The third kappa shape index (κ3) is 5.60. The summed E-state index contributed by atoms with van der Waals surface area (Å²) in [6, 6.07) is 9.87. The predicted molar refractivity (Wildman–Crippen MR) is 90.5 cm³/mol. The summed E-state index contributed by atoms with van der Waals surface area (Å²) in [5.74, 6) is -0.894. The summed E-state index contributed by atoms with van der Waals surface area (Å²) in [5.41, 5.74) is 1.15. The molecule has 0 bridgehead atoms. The van der Waals surface area contributed by atoms with Crippen LogP contribution in [-0.4, -0.2) is 57.1 Å². The number of carbonyl (C=O) groups excluding carboxylic acids is 1. The minimum absolute atomic E-state index is 0.135. The Hall–Kier alpha value is -1.44. The lowest BCUT2D eigenvalue weighted by atomic mass is 10.1. The van der Waals surface area contributed by atoms with Crippen molar-refractivity contribution in [3.05, 3.63) is 35.9 Å². The van der Waals surface area contributed by atoms with Gasteiger partial charge in [-0.3, -0.25) is 4.79 Å². The minimum Gasteiger partial charge on any atom is -0.356 e. The van der Waals surface area contributed by atoms with Crippen molar-refractivity contribution in [2.45, 2.75) is 13.3 Å². The van der Waals surface area contributed by atoms with Gasteiger partial charge in [-0.1, -0.05) is 37.3 Å². The Morgan fingerprint density at radius 3 is 2.57 bits per heavy atom. The second-order valence-electron chi connectivity index (χ2n) is 5.86. The van der Waals surface area contributed by atoms with E-state index in [1.165, 1.54) is 4.31 Å². The Bertz CT molecular complexity index is 598. The number of nitrogens with zero attached hydrogens (tertiary/aromatic N) is 1. The van der Waals surface area contributed by atoms with Crippen molar-refractivity contribution in [1.82, 2.24) is 14.9 Å². The molecule has 1 saturated heterocycles. The van der Waals surface area contributed by atoms with E-state index in [0.29, 0.717) is 32.7 Å². The van der Waals surface area contributed by atoms with Crippen LogP contribution in [0.25, 0.3) is 0 Å². The first-order valence-electron chi connectivity index (χ1n) is 7.99. The SMILES string of the molecule is CC(CS(=O)(=O)N1CCNCC1)C(=O)NCCc1ccccc1. The number of hydrogen-bond acceptors (Lipinski definition) is 4. The summed E-state index contributed by atoms with van der Waals surface area (Å²) in [7, 11) is -3.37. The average molecular weight is 339 g/mol. The van der Waals surface area contributed by atoms with Crippen molar-refractivity contribution in [2.24, 2.45) is 5.92 Å². The molecule has 0 aromatic heterocycles. The number of carbonyl (C=O) groups is 1. The molecule has 1 aliphatic rings. The molecular weight excluding hydrogens is 314 g/mol. The highest BCUT2D eigenvalue weighted by Gasteiger charge is 2.28. The van der Waals surface area contributed by atoms with Gasteiger partial charge in [-0.2, -0.15) is 4.31 Å². The fraction of sp³-hybridized carbons (Fsp3) is 0.562. The Morgan fingerprint density at radius 2 is 1.91 bits per heavy atom. The quantitative estimate of drug-likeness (QED) is 0.745. The number of sulfonamides is 1. The second kappa shape index (κ2) is 8.42. The Balaban J connectivity index is 1.77. The zero-order valence-electron chi connectivity index (χ0n) is 13.5. The van der Waals surface area contributed by atoms with Crippen LogP contribution in [0.15, 0.2) is 30.3 Å². The number of benzene rings is 1. The van der Waals surface area contributed by atoms with Gasteiger partial charge in [-0.05, 0) is 12.0 Å². The average Bonchev–Trinajstić information content (AvgIpc) is 2.56. The van der Waals surface area contributed by atoms with Gasteiger partial charge in [-0.15, -0.1) is 0 Å². The molecule has 0 spiro atoms. The van der Waals surface area contributed by atoms with E-state index in [4.69, 9.17) is 0 Å². The molecule has 23 heavy (non-hydrogen) atoms. The zero-order chi connectivity index (χ0) is 16.7. The van der Waals surface area contributed by atoms with Gasteiger partial charge in [0.05, 0.1) is 11.7 Å². The van der Waals surface area contributed by atoms with Crippen LogP contribution < -0.4 is 10.6 Å². The van der Waals surface area contributed by atoms with Gasteiger partial charge in [0.25, 0.3) is 0 Å². The van der Waals surface area contributed by atoms with Gasteiger partial charge < -0.3 is 10.6 Å². The highest BCUT2D eigenvalue weighted by Crippen LogP contribution is 2.09. The Kier molecular flexibility index (Phi) is 6.56. The molecule has 1 fully saturated rings. The van der Waals surface area contributed by atoms with Crippen LogP contribution in [0.4, 0.5) is 0 Å². The zero-order valence-corrected chi connectivity index (χ0v) is 14.3. The molecule has 1 heterocycles. The maximum Gasteiger partial charge on any atom is 0.223 e. The molecule has 7 heteroatoms. The maximum absolute atomic E-state index is 12.3. The molecule has 1 atom stereocenters.